The Labute approximate surface area is 95.3 Å². The Hall–Kier alpha value is -1.95. The Morgan fingerprint density at radius 3 is 2.94 bits per heavy atom. The molecule has 0 bridgehead atoms. The molecule has 80 valence electrons. The average Bonchev–Trinajstić information content (AvgIpc) is 2.83. The maximum absolute atomic E-state index is 5.84. The van der Waals surface area contributed by atoms with Gasteiger partial charge in [0.15, 0.2) is 11.5 Å². The van der Waals surface area contributed by atoms with Gasteiger partial charge in [-0.3, -0.25) is 5.10 Å². The van der Waals surface area contributed by atoms with Gasteiger partial charge in [0.2, 0.25) is 0 Å². The summed E-state index contributed by atoms with van der Waals surface area (Å²) in [5.74, 6) is 0.628. The summed E-state index contributed by atoms with van der Waals surface area (Å²) < 4.78 is 1.60. The van der Waals surface area contributed by atoms with Crippen molar-refractivity contribution in [1.29, 1.82) is 0 Å². The lowest BCUT2D eigenvalue weighted by Crippen LogP contribution is -1.95. The Bertz CT molecular complexity index is 655. The zero-order valence-electron chi connectivity index (χ0n) is 8.35. The normalized spacial score (nSPS) is 11.1. The van der Waals surface area contributed by atoms with Gasteiger partial charge in [-0.05, 0) is 19.1 Å². The fourth-order valence-electron chi connectivity index (χ4n) is 1.51. The van der Waals surface area contributed by atoms with E-state index in [4.69, 9.17) is 11.6 Å². The van der Waals surface area contributed by atoms with E-state index in [-0.39, 0.29) is 0 Å². The fourth-order valence-corrected chi connectivity index (χ4v) is 1.65. The number of fused-ring (bicyclic) bond motifs is 1. The first-order valence-corrected chi connectivity index (χ1v) is 5.02. The van der Waals surface area contributed by atoms with Crippen LogP contribution in [-0.2, 0) is 0 Å². The number of halogens is 1. The van der Waals surface area contributed by atoms with Crippen molar-refractivity contribution in [3.63, 3.8) is 0 Å². The van der Waals surface area contributed by atoms with E-state index in [1.165, 1.54) is 0 Å². The van der Waals surface area contributed by atoms with Crippen molar-refractivity contribution in [3.8, 4) is 11.4 Å². The summed E-state index contributed by atoms with van der Waals surface area (Å²) in [5, 5.41) is 19.4. The summed E-state index contributed by atoms with van der Waals surface area (Å²) in [6.07, 6.45) is 1.69. The van der Waals surface area contributed by atoms with Gasteiger partial charge in [0.25, 0.3) is 0 Å². The number of aromatic nitrogens is 6. The van der Waals surface area contributed by atoms with Crippen LogP contribution in [0.3, 0.4) is 0 Å². The summed E-state index contributed by atoms with van der Waals surface area (Å²) in [4.78, 5) is 0. The summed E-state index contributed by atoms with van der Waals surface area (Å²) >= 11 is 5.84. The van der Waals surface area contributed by atoms with Crippen molar-refractivity contribution in [2.75, 3.05) is 0 Å². The monoisotopic (exact) mass is 234 g/mol. The van der Waals surface area contributed by atoms with Crippen LogP contribution < -0.4 is 0 Å². The van der Waals surface area contributed by atoms with Gasteiger partial charge in [-0.1, -0.05) is 11.6 Å². The van der Waals surface area contributed by atoms with Crippen molar-refractivity contribution >= 4 is 17.2 Å². The Kier molecular flexibility index (Phi) is 1.90. The molecule has 3 aromatic heterocycles. The van der Waals surface area contributed by atoms with Gasteiger partial charge in [-0.25, -0.2) is 0 Å². The summed E-state index contributed by atoms with van der Waals surface area (Å²) in [6.45, 7) is 1.91. The van der Waals surface area contributed by atoms with Crippen molar-refractivity contribution < 1.29 is 0 Å². The lowest BCUT2D eigenvalue weighted by atomic mass is 10.2. The third kappa shape index (κ3) is 1.27. The zero-order chi connectivity index (χ0) is 11.1. The average molecular weight is 235 g/mol. The van der Waals surface area contributed by atoms with Gasteiger partial charge in [0, 0.05) is 5.69 Å². The van der Waals surface area contributed by atoms with Crippen molar-refractivity contribution in [2.45, 2.75) is 6.92 Å². The van der Waals surface area contributed by atoms with Crippen LogP contribution in [0.5, 0.6) is 0 Å². The Morgan fingerprint density at radius 2 is 2.19 bits per heavy atom. The molecule has 3 rings (SSSR count). The molecule has 0 fully saturated rings. The molecule has 0 aliphatic rings. The van der Waals surface area contributed by atoms with E-state index >= 15 is 0 Å². The van der Waals surface area contributed by atoms with Crippen LogP contribution in [0.2, 0.25) is 5.15 Å². The van der Waals surface area contributed by atoms with Gasteiger partial charge in [0.05, 0.1) is 11.8 Å². The Morgan fingerprint density at radius 1 is 1.31 bits per heavy atom. The SMILES string of the molecule is Cc1[nH]ncc1-c1nnc2ccc(Cl)nn12. The van der Waals surface area contributed by atoms with E-state index in [2.05, 4.69) is 25.5 Å². The second kappa shape index (κ2) is 3.28. The van der Waals surface area contributed by atoms with Crippen LogP contribution in [0.15, 0.2) is 18.3 Å². The summed E-state index contributed by atoms with van der Waals surface area (Å²) in [5.41, 5.74) is 2.43. The molecule has 0 radical (unpaired) electrons. The third-order valence-electron chi connectivity index (χ3n) is 2.30. The molecule has 0 atom stereocenters. The molecular formula is C9H7ClN6. The smallest absolute Gasteiger partial charge is 0.188 e. The largest absolute Gasteiger partial charge is 0.282 e. The van der Waals surface area contributed by atoms with Gasteiger partial charge in [-0.2, -0.15) is 14.7 Å². The second-order valence-corrected chi connectivity index (χ2v) is 3.75. The molecule has 0 aliphatic heterocycles. The minimum Gasteiger partial charge on any atom is -0.282 e. The number of aryl methyl sites for hydroxylation is 1. The second-order valence-electron chi connectivity index (χ2n) is 3.36. The first-order chi connectivity index (χ1) is 7.75. The maximum Gasteiger partial charge on any atom is 0.188 e. The molecule has 7 heteroatoms. The predicted molar refractivity (Wildman–Crippen MR) is 58.1 cm³/mol. The minimum absolute atomic E-state index is 0.398. The highest BCUT2D eigenvalue weighted by Gasteiger charge is 2.12. The van der Waals surface area contributed by atoms with Crippen LogP contribution in [0.25, 0.3) is 17.0 Å². The van der Waals surface area contributed by atoms with E-state index in [0.29, 0.717) is 16.6 Å². The highest BCUT2D eigenvalue weighted by molar-refractivity contribution is 6.29. The standard InChI is InChI=1S/C9H7ClN6/c1-5-6(4-11-12-5)9-14-13-8-3-2-7(10)15-16(8)9/h2-4H,1H3,(H,11,12). The van der Waals surface area contributed by atoms with Crippen molar-refractivity contribution in [1.82, 2.24) is 30.0 Å². The number of aromatic amines is 1. The van der Waals surface area contributed by atoms with Gasteiger partial charge < -0.3 is 0 Å². The highest BCUT2D eigenvalue weighted by Crippen LogP contribution is 2.19. The number of hydrogen-bond acceptors (Lipinski definition) is 4. The van der Waals surface area contributed by atoms with Gasteiger partial charge in [-0.15, -0.1) is 10.2 Å². The molecule has 3 heterocycles. The molecule has 0 unspecified atom stereocenters. The number of nitrogens with zero attached hydrogens (tertiary/aromatic N) is 5. The molecule has 0 aliphatic carbocycles. The van der Waals surface area contributed by atoms with E-state index in [9.17, 15) is 0 Å². The number of hydrogen-bond donors (Lipinski definition) is 1. The molecular weight excluding hydrogens is 228 g/mol. The van der Waals surface area contributed by atoms with Crippen LogP contribution in [-0.4, -0.2) is 30.0 Å². The molecule has 0 spiro atoms. The highest BCUT2D eigenvalue weighted by atomic mass is 35.5. The van der Waals surface area contributed by atoms with Gasteiger partial charge >= 0.3 is 0 Å². The van der Waals surface area contributed by atoms with E-state index in [0.717, 1.165) is 11.3 Å². The molecule has 0 aromatic carbocycles. The molecule has 3 aromatic rings. The number of nitrogens with one attached hydrogen (secondary N) is 1. The van der Waals surface area contributed by atoms with Gasteiger partial charge in [0.1, 0.15) is 5.15 Å². The molecule has 16 heavy (non-hydrogen) atoms. The van der Waals surface area contributed by atoms with E-state index in [1.807, 2.05) is 6.92 Å². The molecule has 0 saturated carbocycles. The summed E-state index contributed by atoms with van der Waals surface area (Å²) in [6, 6.07) is 3.44. The zero-order valence-corrected chi connectivity index (χ0v) is 9.10. The van der Waals surface area contributed by atoms with Crippen LogP contribution in [0, 0.1) is 6.92 Å². The molecule has 6 nitrogen and oxygen atoms in total. The Balaban J connectivity index is 2.32. The van der Waals surface area contributed by atoms with E-state index < -0.39 is 0 Å². The maximum atomic E-state index is 5.84. The lowest BCUT2D eigenvalue weighted by Gasteiger charge is -1.97. The minimum atomic E-state index is 0.398. The van der Waals surface area contributed by atoms with E-state index in [1.54, 1.807) is 22.8 Å². The predicted octanol–water partition coefficient (Wildman–Crippen LogP) is 1.48. The van der Waals surface area contributed by atoms with Crippen molar-refractivity contribution in [3.05, 3.63) is 29.2 Å². The van der Waals surface area contributed by atoms with Crippen LogP contribution >= 0.6 is 11.6 Å². The summed E-state index contributed by atoms with van der Waals surface area (Å²) in [7, 11) is 0. The van der Waals surface area contributed by atoms with Crippen LogP contribution in [0.1, 0.15) is 5.69 Å². The molecule has 1 N–H and O–H groups in total. The lowest BCUT2D eigenvalue weighted by molar-refractivity contribution is 0.935. The molecule has 0 saturated heterocycles. The first kappa shape index (κ1) is 9.29. The molecule has 0 amide bonds. The fraction of sp³-hybridized carbons (Fsp3) is 0.111. The van der Waals surface area contributed by atoms with Crippen molar-refractivity contribution in [2.24, 2.45) is 0 Å². The first-order valence-electron chi connectivity index (χ1n) is 4.64. The number of rotatable bonds is 1. The third-order valence-corrected chi connectivity index (χ3v) is 2.50. The number of H-pyrrole nitrogens is 1. The topological polar surface area (TPSA) is 71.8 Å². The quantitative estimate of drug-likeness (QED) is 0.692. The van der Waals surface area contributed by atoms with Crippen LogP contribution in [0.4, 0.5) is 0 Å².